The summed E-state index contributed by atoms with van der Waals surface area (Å²) in [7, 11) is 0. The largest absolute Gasteiger partial charge is 0.508 e. The van der Waals surface area contributed by atoms with Crippen molar-refractivity contribution in [3.05, 3.63) is 90.0 Å². The molecule has 26 heavy (non-hydrogen) atoms. The van der Waals surface area contributed by atoms with Gasteiger partial charge in [-0.3, -0.25) is 0 Å². The van der Waals surface area contributed by atoms with E-state index in [9.17, 15) is 9.90 Å². The third-order valence-corrected chi connectivity index (χ3v) is 3.73. The van der Waals surface area contributed by atoms with E-state index >= 15 is 0 Å². The van der Waals surface area contributed by atoms with Crippen LogP contribution in [0.15, 0.2) is 78.9 Å². The molecule has 0 amide bonds. The molecule has 3 aromatic rings. The second-order valence-corrected chi connectivity index (χ2v) is 5.56. The minimum Gasteiger partial charge on any atom is -0.508 e. The molecule has 3 aromatic carbocycles. The molecule has 0 aliphatic rings. The summed E-state index contributed by atoms with van der Waals surface area (Å²) < 4.78 is 5.27. The zero-order valence-electron chi connectivity index (χ0n) is 13.8. The Morgan fingerprint density at radius 3 is 2.04 bits per heavy atom. The third-order valence-electron chi connectivity index (χ3n) is 3.73. The molecule has 4 heteroatoms. The fraction of sp³-hybridized carbons (Fsp3) is 0. The van der Waals surface area contributed by atoms with Crippen LogP contribution in [0.5, 0.6) is 11.5 Å². The van der Waals surface area contributed by atoms with Crippen molar-refractivity contribution in [2.75, 3.05) is 0 Å². The van der Waals surface area contributed by atoms with Crippen molar-refractivity contribution in [3.63, 3.8) is 0 Å². The Kier molecular flexibility index (Phi) is 5.11. The number of esters is 1. The van der Waals surface area contributed by atoms with Gasteiger partial charge in [0.25, 0.3) is 0 Å². The Hall–Kier alpha value is -3.84. The number of benzene rings is 3. The van der Waals surface area contributed by atoms with Crippen LogP contribution in [0.25, 0.3) is 17.2 Å². The van der Waals surface area contributed by atoms with Crippen molar-refractivity contribution in [2.45, 2.75) is 0 Å². The Labute approximate surface area is 151 Å². The zero-order valence-corrected chi connectivity index (χ0v) is 13.8. The van der Waals surface area contributed by atoms with Gasteiger partial charge in [0.2, 0.25) is 0 Å². The fourth-order valence-corrected chi connectivity index (χ4v) is 2.35. The van der Waals surface area contributed by atoms with E-state index in [1.54, 1.807) is 54.6 Å². The molecular weight excluding hydrogens is 326 g/mol. The van der Waals surface area contributed by atoms with Crippen LogP contribution >= 0.6 is 0 Å². The number of carbonyl (C=O) groups excluding carboxylic acids is 1. The first-order chi connectivity index (χ1) is 12.6. The summed E-state index contributed by atoms with van der Waals surface area (Å²) >= 11 is 0. The van der Waals surface area contributed by atoms with E-state index in [0.29, 0.717) is 11.3 Å². The van der Waals surface area contributed by atoms with Crippen molar-refractivity contribution < 1.29 is 14.6 Å². The number of nitriles is 1. The van der Waals surface area contributed by atoms with Crippen LogP contribution < -0.4 is 4.74 Å². The lowest BCUT2D eigenvalue weighted by atomic mass is 10.0. The van der Waals surface area contributed by atoms with Crippen LogP contribution in [0.1, 0.15) is 11.1 Å². The second-order valence-electron chi connectivity index (χ2n) is 5.56. The first-order valence-electron chi connectivity index (χ1n) is 7.93. The van der Waals surface area contributed by atoms with Gasteiger partial charge in [0.05, 0.1) is 11.6 Å². The van der Waals surface area contributed by atoms with Crippen LogP contribution in [0, 0.1) is 11.3 Å². The Bertz CT molecular complexity index is 964. The average Bonchev–Trinajstić information content (AvgIpc) is 2.68. The van der Waals surface area contributed by atoms with Crippen LogP contribution in [0.4, 0.5) is 0 Å². The molecule has 0 bridgehead atoms. The highest BCUT2D eigenvalue weighted by molar-refractivity contribution is 5.88. The van der Waals surface area contributed by atoms with E-state index < -0.39 is 5.97 Å². The number of phenolic OH excluding ortho intramolecular Hbond substituents is 1. The summed E-state index contributed by atoms with van der Waals surface area (Å²) in [6.45, 7) is 0. The lowest BCUT2D eigenvalue weighted by Gasteiger charge is -2.04. The van der Waals surface area contributed by atoms with Crippen LogP contribution in [-0.2, 0) is 4.79 Å². The minimum absolute atomic E-state index is 0.173. The standard InChI is InChI=1S/C22H15NO3/c23-15-17-1-6-18(7-2-17)19-8-12-21(13-9-19)26-22(25)14-5-16-3-10-20(24)11-4-16/h1-14,24H/b14-5+. The smallest absolute Gasteiger partial charge is 0.336 e. The molecule has 0 unspecified atom stereocenters. The van der Waals surface area contributed by atoms with Gasteiger partial charge in [0.15, 0.2) is 0 Å². The molecule has 0 spiro atoms. The monoisotopic (exact) mass is 341 g/mol. The van der Waals surface area contributed by atoms with E-state index in [2.05, 4.69) is 6.07 Å². The molecule has 0 radical (unpaired) electrons. The Morgan fingerprint density at radius 2 is 1.46 bits per heavy atom. The Morgan fingerprint density at radius 1 is 0.885 bits per heavy atom. The highest BCUT2D eigenvalue weighted by Gasteiger charge is 2.03. The predicted molar refractivity (Wildman–Crippen MR) is 99.4 cm³/mol. The number of hydrogen-bond acceptors (Lipinski definition) is 4. The normalized spacial score (nSPS) is 10.4. The molecule has 0 fully saturated rings. The predicted octanol–water partition coefficient (Wildman–Crippen LogP) is 4.55. The quantitative estimate of drug-likeness (QED) is 0.429. The lowest BCUT2D eigenvalue weighted by molar-refractivity contribution is -0.128. The lowest BCUT2D eigenvalue weighted by Crippen LogP contribution is -2.03. The van der Waals surface area contributed by atoms with Crippen LogP contribution in [-0.4, -0.2) is 11.1 Å². The summed E-state index contributed by atoms with van der Waals surface area (Å²) in [6, 6.07) is 23.0. The van der Waals surface area contributed by atoms with Gasteiger partial charge >= 0.3 is 5.97 Å². The minimum atomic E-state index is -0.482. The molecule has 0 aliphatic heterocycles. The number of nitrogens with zero attached hydrogens (tertiary/aromatic N) is 1. The molecule has 126 valence electrons. The number of hydrogen-bond donors (Lipinski definition) is 1. The average molecular weight is 341 g/mol. The van der Waals surface area contributed by atoms with E-state index in [1.165, 1.54) is 6.08 Å². The van der Waals surface area contributed by atoms with E-state index in [0.717, 1.165) is 16.7 Å². The molecule has 3 rings (SSSR count). The Balaban J connectivity index is 1.64. The zero-order chi connectivity index (χ0) is 18.4. The molecule has 0 aromatic heterocycles. The van der Waals surface area contributed by atoms with Gasteiger partial charge in [0.1, 0.15) is 11.5 Å². The molecule has 0 saturated heterocycles. The van der Waals surface area contributed by atoms with Gasteiger partial charge in [-0.25, -0.2) is 4.79 Å². The van der Waals surface area contributed by atoms with E-state index in [-0.39, 0.29) is 5.75 Å². The second kappa shape index (κ2) is 7.82. The van der Waals surface area contributed by atoms with Crippen molar-refractivity contribution in [3.8, 4) is 28.7 Å². The van der Waals surface area contributed by atoms with Gasteiger partial charge in [-0.05, 0) is 59.2 Å². The summed E-state index contributed by atoms with van der Waals surface area (Å²) in [6.07, 6.45) is 2.95. The van der Waals surface area contributed by atoms with Crippen molar-refractivity contribution in [1.82, 2.24) is 0 Å². The first-order valence-corrected chi connectivity index (χ1v) is 7.93. The van der Waals surface area contributed by atoms with Crippen LogP contribution in [0.2, 0.25) is 0 Å². The highest BCUT2D eigenvalue weighted by atomic mass is 16.5. The van der Waals surface area contributed by atoms with Gasteiger partial charge in [-0.15, -0.1) is 0 Å². The van der Waals surface area contributed by atoms with Crippen molar-refractivity contribution in [2.24, 2.45) is 0 Å². The topological polar surface area (TPSA) is 70.3 Å². The maximum atomic E-state index is 11.9. The van der Waals surface area contributed by atoms with Crippen molar-refractivity contribution >= 4 is 12.0 Å². The molecule has 0 aliphatic carbocycles. The van der Waals surface area contributed by atoms with Gasteiger partial charge in [-0.2, -0.15) is 5.26 Å². The van der Waals surface area contributed by atoms with Gasteiger partial charge in [0, 0.05) is 6.08 Å². The third kappa shape index (κ3) is 4.37. The number of rotatable bonds is 4. The number of carbonyl (C=O) groups is 1. The fourth-order valence-electron chi connectivity index (χ4n) is 2.35. The van der Waals surface area contributed by atoms with Gasteiger partial charge < -0.3 is 9.84 Å². The van der Waals surface area contributed by atoms with E-state index in [4.69, 9.17) is 10.00 Å². The summed E-state index contributed by atoms with van der Waals surface area (Å²) in [5, 5.41) is 18.1. The summed E-state index contributed by atoms with van der Waals surface area (Å²) in [5.74, 6) is 0.138. The molecule has 0 saturated carbocycles. The molecule has 4 nitrogen and oxygen atoms in total. The van der Waals surface area contributed by atoms with Crippen LogP contribution in [0.3, 0.4) is 0 Å². The molecule has 1 N–H and O–H groups in total. The summed E-state index contributed by atoms with van der Waals surface area (Å²) in [4.78, 5) is 11.9. The SMILES string of the molecule is N#Cc1ccc(-c2ccc(OC(=O)/C=C/c3ccc(O)cc3)cc2)cc1. The van der Waals surface area contributed by atoms with Gasteiger partial charge in [-0.1, -0.05) is 36.4 Å². The molecular formula is C22H15NO3. The maximum absolute atomic E-state index is 11.9. The summed E-state index contributed by atoms with van der Waals surface area (Å²) in [5.41, 5.74) is 3.35. The first kappa shape index (κ1) is 17.0. The highest BCUT2D eigenvalue weighted by Crippen LogP contribution is 2.23. The molecule has 0 atom stereocenters. The molecule has 0 heterocycles. The number of aromatic hydroxyl groups is 1. The number of ether oxygens (including phenoxy) is 1. The number of phenols is 1. The van der Waals surface area contributed by atoms with Crippen molar-refractivity contribution in [1.29, 1.82) is 5.26 Å². The maximum Gasteiger partial charge on any atom is 0.336 e. The van der Waals surface area contributed by atoms with E-state index in [1.807, 2.05) is 24.3 Å².